The fourth-order valence-electron chi connectivity index (χ4n) is 1.80. The summed E-state index contributed by atoms with van der Waals surface area (Å²) in [5.41, 5.74) is 0. The third-order valence-electron chi connectivity index (χ3n) is 2.44. The zero-order chi connectivity index (χ0) is 8.27. The maximum absolute atomic E-state index is 10.6. The highest BCUT2D eigenvalue weighted by Crippen LogP contribution is 2.29. The smallest absolute Gasteiger partial charge is 0.216 e. The van der Waals surface area contributed by atoms with E-state index in [0.29, 0.717) is 0 Å². The number of carbonyl (C=O) groups excluding carboxylic acids is 1. The maximum atomic E-state index is 10.6. The van der Waals surface area contributed by atoms with Gasteiger partial charge in [0.05, 0.1) is 0 Å². The fraction of sp³-hybridized carbons (Fsp3) is 0.889. The van der Waals surface area contributed by atoms with Gasteiger partial charge >= 0.3 is 0 Å². The highest BCUT2D eigenvalue weighted by atomic mass is 16.1. The van der Waals surface area contributed by atoms with Crippen molar-refractivity contribution in [3.8, 4) is 0 Å². The molecule has 1 aliphatic carbocycles. The molecular weight excluding hydrogens is 138 g/mol. The van der Waals surface area contributed by atoms with Crippen LogP contribution in [0, 0.1) is 11.8 Å². The van der Waals surface area contributed by atoms with Crippen LogP contribution in [0.3, 0.4) is 0 Å². The van der Waals surface area contributed by atoms with Gasteiger partial charge in [0.2, 0.25) is 5.91 Å². The zero-order valence-electron chi connectivity index (χ0n) is 7.39. The molecule has 64 valence electrons. The minimum atomic E-state index is 0.101. The summed E-state index contributed by atoms with van der Waals surface area (Å²) in [5.74, 6) is 1.72. The van der Waals surface area contributed by atoms with Crippen molar-refractivity contribution in [2.24, 2.45) is 11.8 Å². The number of hydrogen-bond donors (Lipinski definition) is 1. The van der Waals surface area contributed by atoms with Gasteiger partial charge < -0.3 is 5.32 Å². The predicted molar refractivity (Wildman–Crippen MR) is 45.2 cm³/mol. The van der Waals surface area contributed by atoms with Gasteiger partial charge in [0.1, 0.15) is 0 Å². The van der Waals surface area contributed by atoms with E-state index >= 15 is 0 Å². The van der Waals surface area contributed by atoms with Crippen molar-refractivity contribution in [1.29, 1.82) is 0 Å². The molecule has 1 saturated carbocycles. The topological polar surface area (TPSA) is 29.1 Å². The van der Waals surface area contributed by atoms with E-state index in [9.17, 15) is 4.79 Å². The lowest BCUT2D eigenvalue weighted by Gasteiger charge is -2.08. The Hall–Kier alpha value is -0.530. The van der Waals surface area contributed by atoms with Gasteiger partial charge in [-0.2, -0.15) is 0 Å². The van der Waals surface area contributed by atoms with E-state index in [-0.39, 0.29) is 5.91 Å². The van der Waals surface area contributed by atoms with Crippen LogP contribution in [0.2, 0.25) is 0 Å². The summed E-state index contributed by atoms with van der Waals surface area (Å²) in [7, 11) is 0. The van der Waals surface area contributed by atoms with Crippen molar-refractivity contribution < 1.29 is 4.79 Å². The van der Waals surface area contributed by atoms with Gasteiger partial charge in [0.15, 0.2) is 0 Å². The molecule has 2 unspecified atom stereocenters. The van der Waals surface area contributed by atoms with Crippen LogP contribution in [0.25, 0.3) is 0 Å². The van der Waals surface area contributed by atoms with Gasteiger partial charge in [-0.3, -0.25) is 4.79 Å². The van der Waals surface area contributed by atoms with E-state index in [1.807, 2.05) is 0 Å². The summed E-state index contributed by atoms with van der Waals surface area (Å²) < 4.78 is 0. The van der Waals surface area contributed by atoms with Crippen molar-refractivity contribution in [2.75, 3.05) is 6.54 Å². The first kappa shape index (κ1) is 8.57. The van der Waals surface area contributed by atoms with Crippen LogP contribution in [0.5, 0.6) is 0 Å². The average Bonchev–Trinajstić information content (AvgIpc) is 2.31. The maximum Gasteiger partial charge on any atom is 0.216 e. The molecule has 2 nitrogen and oxygen atoms in total. The molecule has 0 spiro atoms. The van der Waals surface area contributed by atoms with Gasteiger partial charge in [-0.1, -0.05) is 13.3 Å². The molecule has 0 aromatic rings. The Morgan fingerprint density at radius 2 is 2.27 bits per heavy atom. The molecule has 0 aromatic carbocycles. The van der Waals surface area contributed by atoms with Crippen LogP contribution in [-0.2, 0) is 4.79 Å². The standard InChI is InChI=1S/C9H17NO/c1-7-3-4-9(5-7)6-10-8(2)11/h7,9H,3-6H2,1-2H3,(H,10,11). The molecule has 0 aliphatic heterocycles. The van der Waals surface area contributed by atoms with Crippen LogP contribution in [-0.4, -0.2) is 12.5 Å². The second kappa shape index (κ2) is 3.74. The van der Waals surface area contributed by atoms with Crippen LogP contribution in [0.1, 0.15) is 33.1 Å². The molecule has 0 saturated heterocycles. The Bertz CT molecular complexity index is 144. The van der Waals surface area contributed by atoms with Crippen molar-refractivity contribution in [1.82, 2.24) is 5.32 Å². The van der Waals surface area contributed by atoms with Gasteiger partial charge in [-0.25, -0.2) is 0 Å². The van der Waals surface area contributed by atoms with Crippen LogP contribution in [0.4, 0.5) is 0 Å². The third-order valence-corrected chi connectivity index (χ3v) is 2.44. The molecule has 0 bridgehead atoms. The Labute approximate surface area is 68.4 Å². The minimum Gasteiger partial charge on any atom is -0.356 e. The molecule has 1 fully saturated rings. The molecule has 1 aliphatic rings. The number of rotatable bonds is 2. The second-order valence-corrected chi connectivity index (χ2v) is 3.72. The Morgan fingerprint density at radius 1 is 1.55 bits per heavy atom. The average molecular weight is 155 g/mol. The fourth-order valence-corrected chi connectivity index (χ4v) is 1.80. The number of hydrogen-bond acceptors (Lipinski definition) is 1. The predicted octanol–water partition coefficient (Wildman–Crippen LogP) is 1.56. The molecule has 1 rings (SSSR count). The van der Waals surface area contributed by atoms with E-state index < -0.39 is 0 Å². The molecule has 1 amide bonds. The Morgan fingerprint density at radius 3 is 2.73 bits per heavy atom. The summed E-state index contributed by atoms with van der Waals surface area (Å²) in [6.07, 6.45) is 3.92. The summed E-state index contributed by atoms with van der Waals surface area (Å²) in [5, 5.41) is 2.87. The lowest BCUT2D eigenvalue weighted by Crippen LogP contribution is -2.25. The summed E-state index contributed by atoms with van der Waals surface area (Å²) >= 11 is 0. The Balaban J connectivity index is 2.13. The van der Waals surface area contributed by atoms with Gasteiger partial charge in [0.25, 0.3) is 0 Å². The van der Waals surface area contributed by atoms with Crippen LogP contribution < -0.4 is 5.32 Å². The lowest BCUT2D eigenvalue weighted by atomic mass is 10.1. The normalized spacial score (nSPS) is 30.4. The molecule has 1 N–H and O–H groups in total. The zero-order valence-corrected chi connectivity index (χ0v) is 7.39. The first-order valence-electron chi connectivity index (χ1n) is 4.43. The van der Waals surface area contributed by atoms with Crippen molar-refractivity contribution in [3.05, 3.63) is 0 Å². The van der Waals surface area contributed by atoms with Crippen molar-refractivity contribution >= 4 is 5.91 Å². The molecule has 0 heterocycles. The Kier molecular flexibility index (Phi) is 2.92. The van der Waals surface area contributed by atoms with E-state index in [1.165, 1.54) is 19.3 Å². The number of nitrogens with one attached hydrogen (secondary N) is 1. The van der Waals surface area contributed by atoms with Crippen molar-refractivity contribution in [2.45, 2.75) is 33.1 Å². The van der Waals surface area contributed by atoms with Crippen LogP contribution in [0.15, 0.2) is 0 Å². The number of amides is 1. The molecule has 2 atom stereocenters. The first-order chi connectivity index (χ1) is 5.18. The summed E-state index contributed by atoms with van der Waals surface area (Å²) in [6.45, 7) is 4.76. The number of carbonyl (C=O) groups is 1. The van der Waals surface area contributed by atoms with E-state index in [0.717, 1.165) is 18.4 Å². The van der Waals surface area contributed by atoms with Gasteiger partial charge in [-0.15, -0.1) is 0 Å². The second-order valence-electron chi connectivity index (χ2n) is 3.72. The molecule has 11 heavy (non-hydrogen) atoms. The monoisotopic (exact) mass is 155 g/mol. The summed E-state index contributed by atoms with van der Waals surface area (Å²) in [4.78, 5) is 10.6. The van der Waals surface area contributed by atoms with Gasteiger partial charge in [0, 0.05) is 13.5 Å². The largest absolute Gasteiger partial charge is 0.356 e. The third kappa shape index (κ3) is 2.91. The molecular formula is C9H17NO. The van der Waals surface area contributed by atoms with E-state index in [4.69, 9.17) is 0 Å². The van der Waals surface area contributed by atoms with E-state index in [1.54, 1.807) is 6.92 Å². The summed E-state index contributed by atoms with van der Waals surface area (Å²) in [6, 6.07) is 0. The minimum absolute atomic E-state index is 0.101. The highest BCUT2D eigenvalue weighted by molar-refractivity contribution is 5.72. The highest BCUT2D eigenvalue weighted by Gasteiger charge is 2.20. The quantitative estimate of drug-likeness (QED) is 0.644. The molecule has 2 heteroatoms. The molecule has 0 aromatic heterocycles. The van der Waals surface area contributed by atoms with Gasteiger partial charge in [-0.05, 0) is 24.7 Å². The van der Waals surface area contributed by atoms with Crippen molar-refractivity contribution in [3.63, 3.8) is 0 Å². The van der Waals surface area contributed by atoms with E-state index in [2.05, 4.69) is 12.2 Å². The molecule has 0 radical (unpaired) electrons. The van der Waals surface area contributed by atoms with Crippen LogP contribution >= 0.6 is 0 Å². The SMILES string of the molecule is CC(=O)NCC1CCC(C)C1. The lowest BCUT2D eigenvalue weighted by molar-refractivity contribution is -0.119. The first-order valence-corrected chi connectivity index (χ1v) is 4.43.